The number of ether oxygens (including phenoxy) is 1. The number of benzene rings is 3. The third kappa shape index (κ3) is 4.16. The summed E-state index contributed by atoms with van der Waals surface area (Å²) >= 11 is 12.0. The van der Waals surface area contributed by atoms with E-state index in [0.717, 1.165) is 11.1 Å². The van der Waals surface area contributed by atoms with Crippen molar-refractivity contribution in [3.05, 3.63) is 88.2 Å². The fourth-order valence-electron chi connectivity index (χ4n) is 2.60. The largest absolute Gasteiger partial charge is 0.487 e. The van der Waals surface area contributed by atoms with E-state index in [2.05, 4.69) is 10.1 Å². The van der Waals surface area contributed by atoms with Gasteiger partial charge in [0.05, 0.1) is 5.02 Å². The predicted octanol–water partition coefficient (Wildman–Crippen LogP) is 6.43. The predicted molar refractivity (Wildman–Crippen MR) is 106 cm³/mol. The Hall–Kier alpha value is -2.89. The van der Waals surface area contributed by atoms with Gasteiger partial charge in [0, 0.05) is 16.1 Å². The fourth-order valence-corrected chi connectivity index (χ4v) is 3.07. The Morgan fingerprint density at radius 2 is 1.75 bits per heavy atom. The lowest BCUT2D eigenvalue weighted by atomic mass is 10.1. The van der Waals surface area contributed by atoms with Crippen LogP contribution in [0.2, 0.25) is 10.0 Å². The van der Waals surface area contributed by atoms with Gasteiger partial charge in [0.2, 0.25) is 5.82 Å². The van der Waals surface area contributed by atoms with Crippen LogP contribution < -0.4 is 4.74 Å². The van der Waals surface area contributed by atoms with Crippen LogP contribution >= 0.6 is 23.2 Å². The Morgan fingerprint density at radius 1 is 0.929 bits per heavy atom. The molecule has 0 fully saturated rings. The van der Waals surface area contributed by atoms with Gasteiger partial charge in [-0.05, 0) is 60.2 Å². The van der Waals surface area contributed by atoms with Gasteiger partial charge in [-0.1, -0.05) is 40.5 Å². The van der Waals surface area contributed by atoms with Crippen molar-refractivity contribution in [1.29, 1.82) is 0 Å². The lowest BCUT2D eigenvalue weighted by Gasteiger charge is -2.08. The highest BCUT2D eigenvalue weighted by atomic mass is 35.5. The normalized spacial score (nSPS) is 10.8. The molecule has 4 aromatic rings. The molecule has 0 aliphatic carbocycles. The molecule has 0 unspecified atom stereocenters. The molecule has 0 spiro atoms. The first-order chi connectivity index (χ1) is 13.6. The summed E-state index contributed by atoms with van der Waals surface area (Å²) in [5, 5.41) is 4.96. The van der Waals surface area contributed by atoms with E-state index in [0.29, 0.717) is 39.7 Å². The third-order valence-electron chi connectivity index (χ3n) is 3.99. The Balaban J connectivity index is 1.51. The molecule has 0 radical (unpaired) electrons. The zero-order valence-corrected chi connectivity index (χ0v) is 15.9. The van der Waals surface area contributed by atoms with Crippen molar-refractivity contribution in [2.45, 2.75) is 6.61 Å². The van der Waals surface area contributed by atoms with E-state index >= 15 is 0 Å². The zero-order chi connectivity index (χ0) is 19.5. The van der Waals surface area contributed by atoms with Crippen LogP contribution in [0.25, 0.3) is 22.8 Å². The molecular weight excluding hydrogens is 402 g/mol. The highest BCUT2D eigenvalue weighted by Gasteiger charge is 2.11. The summed E-state index contributed by atoms with van der Waals surface area (Å²) in [6, 6.07) is 18.5. The maximum atomic E-state index is 13.1. The average molecular weight is 415 g/mol. The van der Waals surface area contributed by atoms with E-state index < -0.39 is 0 Å². The maximum Gasteiger partial charge on any atom is 0.258 e. The molecule has 4 rings (SSSR count). The van der Waals surface area contributed by atoms with Gasteiger partial charge in [-0.25, -0.2) is 4.39 Å². The molecular formula is C21H13Cl2FN2O2. The highest BCUT2D eigenvalue weighted by Crippen LogP contribution is 2.29. The number of aromatic nitrogens is 2. The minimum absolute atomic E-state index is 0.314. The average Bonchev–Trinajstić information content (AvgIpc) is 3.18. The van der Waals surface area contributed by atoms with Crippen LogP contribution in [0.4, 0.5) is 4.39 Å². The SMILES string of the molecule is Fc1ccc(-c2noc(-c3cccc(COc4ccc(Cl)cc4Cl)c3)n2)cc1. The van der Waals surface area contributed by atoms with Crippen LogP contribution in [-0.2, 0) is 6.61 Å². The van der Waals surface area contributed by atoms with E-state index in [-0.39, 0.29) is 5.82 Å². The number of halogens is 3. The minimum atomic E-state index is -0.319. The van der Waals surface area contributed by atoms with Gasteiger partial charge < -0.3 is 9.26 Å². The van der Waals surface area contributed by atoms with Crippen molar-refractivity contribution in [2.75, 3.05) is 0 Å². The number of hydrogen-bond acceptors (Lipinski definition) is 4. The zero-order valence-electron chi connectivity index (χ0n) is 14.4. The lowest BCUT2D eigenvalue weighted by Crippen LogP contribution is -1.96. The highest BCUT2D eigenvalue weighted by molar-refractivity contribution is 6.35. The second-order valence-electron chi connectivity index (χ2n) is 5.99. The van der Waals surface area contributed by atoms with Crippen molar-refractivity contribution in [3.63, 3.8) is 0 Å². The van der Waals surface area contributed by atoms with Crippen LogP contribution in [-0.4, -0.2) is 10.1 Å². The number of hydrogen-bond donors (Lipinski definition) is 0. The molecule has 0 N–H and O–H groups in total. The van der Waals surface area contributed by atoms with Gasteiger partial charge in [-0.2, -0.15) is 4.98 Å². The Bertz CT molecular complexity index is 1110. The Kier molecular flexibility index (Phi) is 5.28. The van der Waals surface area contributed by atoms with Gasteiger partial charge in [0.1, 0.15) is 18.2 Å². The standard InChI is InChI=1S/C21H13Cl2FN2O2/c22-16-6-9-19(18(23)11-16)27-12-13-2-1-3-15(10-13)21-25-20(26-28-21)14-4-7-17(24)8-5-14/h1-11H,12H2. The van der Waals surface area contributed by atoms with Gasteiger partial charge >= 0.3 is 0 Å². The molecule has 0 amide bonds. The van der Waals surface area contributed by atoms with Crippen LogP contribution in [0.3, 0.4) is 0 Å². The van der Waals surface area contributed by atoms with Crippen molar-refractivity contribution >= 4 is 23.2 Å². The first-order valence-electron chi connectivity index (χ1n) is 8.35. The summed E-state index contributed by atoms with van der Waals surface area (Å²) in [6.07, 6.45) is 0. The second kappa shape index (κ2) is 8.00. The van der Waals surface area contributed by atoms with Gasteiger partial charge in [-0.3, -0.25) is 0 Å². The van der Waals surface area contributed by atoms with Crippen molar-refractivity contribution in [3.8, 4) is 28.6 Å². The molecule has 0 saturated carbocycles. The summed E-state index contributed by atoms with van der Waals surface area (Å²) in [7, 11) is 0. The van der Waals surface area contributed by atoms with E-state index in [1.165, 1.54) is 12.1 Å². The smallest absolute Gasteiger partial charge is 0.258 e. The second-order valence-corrected chi connectivity index (χ2v) is 6.84. The molecule has 4 nitrogen and oxygen atoms in total. The quantitative estimate of drug-likeness (QED) is 0.377. The summed E-state index contributed by atoms with van der Waals surface area (Å²) in [5.41, 5.74) is 2.34. The molecule has 140 valence electrons. The first kappa shape index (κ1) is 18.5. The van der Waals surface area contributed by atoms with Gasteiger partial charge in [0.15, 0.2) is 0 Å². The number of rotatable bonds is 5. The van der Waals surface area contributed by atoms with E-state index in [9.17, 15) is 4.39 Å². The molecule has 0 atom stereocenters. The molecule has 1 heterocycles. The van der Waals surface area contributed by atoms with Crippen molar-refractivity contribution in [2.24, 2.45) is 0 Å². The van der Waals surface area contributed by atoms with Crippen LogP contribution in [0.1, 0.15) is 5.56 Å². The minimum Gasteiger partial charge on any atom is -0.487 e. The van der Waals surface area contributed by atoms with Crippen molar-refractivity contribution in [1.82, 2.24) is 10.1 Å². The van der Waals surface area contributed by atoms with Crippen LogP contribution in [0, 0.1) is 5.82 Å². The molecule has 3 aromatic carbocycles. The van der Waals surface area contributed by atoms with Gasteiger partial charge in [-0.15, -0.1) is 0 Å². The topological polar surface area (TPSA) is 48.2 Å². The Morgan fingerprint density at radius 3 is 2.54 bits per heavy atom. The van der Waals surface area contributed by atoms with Crippen LogP contribution in [0.5, 0.6) is 5.75 Å². The maximum absolute atomic E-state index is 13.1. The molecule has 0 aliphatic heterocycles. The molecule has 7 heteroatoms. The fraction of sp³-hybridized carbons (Fsp3) is 0.0476. The number of nitrogens with zero attached hydrogens (tertiary/aromatic N) is 2. The summed E-state index contributed by atoms with van der Waals surface area (Å²) in [6.45, 7) is 0.314. The van der Waals surface area contributed by atoms with E-state index in [1.54, 1.807) is 30.3 Å². The third-order valence-corrected chi connectivity index (χ3v) is 4.52. The summed E-state index contributed by atoms with van der Waals surface area (Å²) < 4.78 is 24.2. The molecule has 0 saturated heterocycles. The Labute approximate surface area is 170 Å². The van der Waals surface area contributed by atoms with E-state index in [1.807, 2.05) is 24.3 Å². The lowest BCUT2D eigenvalue weighted by molar-refractivity contribution is 0.306. The molecule has 0 bridgehead atoms. The molecule has 1 aromatic heterocycles. The van der Waals surface area contributed by atoms with Gasteiger partial charge in [0.25, 0.3) is 5.89 Å². The van der Waals surface area contributed by atoms with Crippen molar-refractivity contribution < 1.29 is 13.7 Å². The molecule has 28 heavy (non-hydrogen) atoms. The van der Waals surface area contributed by atoms with E-state index in [4.69, 9.17) is 32.5 Å². The first-order valence-corrected chi connectivity index (χ1v) is 9.11. The summed E-state index contributed by atoms with van der Waals surface area (Å²) in [4.78, 5) is 4.39. The monoisotopic (exact) mass is 414 g/mol. The summed E-state index contributed by atoms with van der Waals surface area (Å²) in [5.74, 6) is 0.990. The molecule has 0 aliphatic rings. The van der Waals surface area contributed by atoms with Crippen LogP contribution in [0.15, 0.2) is 71.3 Å².